The van der Waals surface area contributed by atoms with Crippen LogP contribution in [0.1, 0.15) is 41.4 Å². The van der Waals surface area contributed by atoms with Crippen molar-refractivity contribution in [2.75, 3.05) is 9.80 Å². The third-order valence-corrected chi connectivity index (χ3v) is 8.49. The van der Waals surface area contributed by atoms with Crippen LogP contribution in [0.2, 0.25) is 0 Å². The molecule has 0 atom stereocenters. The van der Waals surface area contributed by atoms with Crippen LogP contribution in [0.25, 0.3) is 43.1 Å². The molecule has 0 spiro atoms. The number of imide groups is 2. The van der Waals surface area contributed by atoms with Crippen LogP contribution >= 0.6 is 0 Å². The molecule has 2 aliphatic heterocycles. The average Bonchev–Trinajstić information content (AvgIpc) is 3.02. The maximum atomic E-state index is 13.9. The molecule has 0 fully saturated rings. The van der Waals surface area contributed by atoms with Crippen molar-refractivity contribution in [2.45, 2.75) is 0 Å². The predicted octanol–water partition coefficient (Wildman–Crippen LogP) is 6.41. The molecule has 0 saturated carbocycles. The van der Waals surface area contributed by atoms with Gasteiger partial charge < -0.3 is 0 Å². The molecular weight excluding hydrogens is 566 g/mol. The van der Waals surface area contributed by atoms with Crippen molar-refractivity contribution < 1.29 is 28.0 Å². The van der Waals surface area contributed by atoms with Crippen molar-refractivity contribution in [3.05, 3.63) is 119 Å². The van der Waals surface area contributed by atoms with Crippen LogP contribution in [0.3, 0.4) is 0 Å². The molecule has 5 aromatic carbocycles. The maximum Gasteiger partial charge on any atom is 0.267 e. The lowest BCUT2D eigenvalue weighted by Gasteiger charge is -2.29. The number of carbonyl (C=O) groups excluding carboxylic acids is 4. The minimum absolute atomic E-state index is 0.111. The van der Waals surface area contributed by atoms with E-state index in [0.29, 0.717) is 21.5 Å². The summed E-state index contributed by atoms with van der Waals surface area (Å²) in [4.78, 5) is 64.1. The van der Waals surface area contributed by atoms with Crippen molar-refractivity contribution in [3.63, 3.8) is 0 Å². The number of anilines is 2. The molecule has 4 amide bonds. The van der Waals surface area contributed by atoms with Gasteiger partial charge in [-0.1, -0.05) is 36.4 Å². The average molecular weight is 581 g/mol. The maximum absolute atomic E-state index is 13.9. The first-order chi connectivity index (χ1) is 21.3. The van der Waals surface area contributed by atoms with Crippen molar-refractivity contribution >= 4 is 78.4 Å². The molecule has 0 radical (unpaired) electrons. The van der Waals surface area contributed by atoms with Gasteiger partial charge in [0, 0.05) is 33.0 Å². The zero-order valence-corrected chi connectivity index (χ0v) is 22.3. The van der Waals surface area contributed by atoms with Gasteiger partial charge in [0.15, 0.2) is 0 Å². The molecule has 2 aromatic heterocycles. The Hall–Kier alpha value is -6.16. The number of pyridine rings is 2. The van der Waals surface area contributed by atoms with Crippen LogP contribution in [0.15, 0.2) is 84.9 Å². The topological polar surface area (TPSA) is 101 Å². The first-order valence-electron chi connectivity index (χ1n) is 13.6. The number of benzene rings is 5. The number of nitrogens with zero attached hydrogens (tertiary/aromatic N) is 4. The normalized spacial score (nSPS) is 14.7. The standard InChI is InChI=1S/C34H14F2N4O4/c35-23-3-1-5-25(37-23)39-31(41)19-11-7-15-17-9-13-21-30-22(34(44)40(33(21)43)26-6-2-4-24(36)38-26)14-10-18(28(17)30)16-8-12-20(32(39)42)29(19)27(15)16/h1-14H. The van der Waals surface area contributed by atoms with Gasteiger partial charge in [0.1, 0.15) is 11.6 Å². The fourth-order valence-corrected chi connectivity index (χ4v) is 6.73. The number of fused-ring (bicyclic) bond motifs is 2. The summed E-state index contributed by atoms with van der Waals surface area (Å²) in [6, 6.07) is 21.4. The summed E-state index contributed by atoms with van der Waals surface area (Å²) >= 11 is 0. The van der Waals surface area contributed by atoms with Gasteiger partial charge in [0.2, 0.25) is 11.9 Å². The molecule has 4 heterocycles. The quantitative estimate of drug-likeness (QED) is 0.101. The van der Waals surface area contributed by atoms with Gasteiger partial charge in [-0.05, 0) is 80.8 Å². The van der Waals surface area contributed by atoms with Gasteiger partial charge in [0.25, 0.3) is 23.6 Å². The molecule has 2 aliphatic rings. The lowest BCUT2D eigenvalue weighted by Crippen LogP contribution is -2.41. The molecule has 0 bridgehead atoms. The number of carbonyl (C=O) groups is 4. The SMILES string of the molecule is O=C1c2ccc3c4ccc5c6c(ccc(c7ccc(c2c37)C(=O)N1c1cccc(F)n1)c64)C(=O)N(c1cccc(F)n1)C5=O. The summed E-state index contributed by atoms with van der Waals surface area (Å²) in [5, 5.41) is 5.21. The molecule has 8 nitrogen and oxygen atoms in total. The highest BCUT2D eigenvalue weighted by molar-refractivity contribution is 6.45. The molecule has 0 saturated heterocycles. The second kappa shape index (κ2) is 8.23. The fourth-order valence-electron chi connectivity index (χ4n) is 6.73. The van der Waals surface area contributed by atoms with E-state index in [-0.39, 0.29) is 33.9 Å². The number of amides is 4. The van der Waals surface area contributed by atoms with E-state index in [9.17, 15) is 28.0 Å². The Labute approximate surface area is 245 Å². The molecule has 10 heteroatoms. The molecule has 7 aromatic rings. The Kier molecular flexibility index (Phi) is 4.57. The Morgan fingerprint density at radius 2 is 0.727 bits per heavy atom. The van der Waals surface area contributed by atoms with Crippen molar-refractivity contribution in [1.29, 1.82) is 0 Å². The Balaban J connectivity index is 1.32. The number of rotatable bonds is 2. The highest BCUT2D eigenvalue weighted by Crippen LogP contribution is 2.46. The first kappa shape index (κ1) is 24.4. The summed E-state index contributed by atoms with van der Waals surface area (Å²) in [5.41, 5.74) is 1.07. The Morgan fingerprint density at radius 3 is 1.02 bits per heavy atom. The summed E-state index contributed by atoms with van der Waals surface area (Å²) in [6.07, 6.45) is 0. The number of aromatic nitrogens is 2. The lowest BCUT2D eigenvalue weighted by molar-refractivity contribution is 0.0876. The monoisotopic (exact) mass is 580 g/mol. The van der Waals surface area contributed by atoms with Gasteiger partial charge in [0.05, 0.1) is 0 Å². The molecule has 44 heavy (non-hydrogen) atoms. The van der Waals surface area contributed by atoms with Gasteiger partial charge >= 0.3 is 0 Å². The van der Waals surface area contributed by atoms with Gasteiger partial charge in [-0.3, -0.25) is 19.2 Å². The Morgan fingerprint density at radius 1 is 0.409 bits per heavy atom. The summed E-state index contributed by atoms with van der Waals surface area (Å²) in [5.74, 6) is -4.35. The van der Waals surface area contributed by atoms with Crippen LogP contribution < -0.4 is 9.80 Å². The highest BCUT2D eigenvalue weighted by Gasteiger charge is 2.38. The summed E-state index contributed by atoms with van der Waals surface area (Å²) in [7, 11) is 0. The Bertz CT molecular complexity index is 2230. The minimum atomic E-state index is -0.817. The lowest BCUT2D eigenvalue weighted by atomic mass is 9.82. The summed E-state index contributed by atoms with van der Waals surface area (Å²) < 4.78 is 27.9. The van der Waals surface area contributed by atoms with Crippen molar-refractivity contribution in [3.8, 4) is 0 Å². The van der Waals surface area contributed by atoms with Gasteiger partial charge in [-0.25, -0.2) is 19.8 Å². The van der Waals surface area contributed by atoms with E-state index in [4.69, 9.17) is 0 Å². The second-order valence-corrected chi connectivity index (χ2v) is 10.7. The van der Waals surface area contributed by atoms with Crippen LogP contribution in [-0.2, 0) is 0 Å². The van der Waals surface area contributed by atoms with Crippen LogP contribution in [0, 0.1) is 11.9 Å². The van der Waals surface area contributed by atoms with E-state index in [0.717, 1.165) is 43.5 Å². The molecule has 9 rings (SSSR count). The molecule has 208 valence electrons. The van der Waals surface area contributed by atoms with E-state index in [1.54, 1.807) is 48.5 Å². The highest BCUT2D eigenvalue weighted by atomic mass is 19.1. The van der Waals surface area contributed by atoms with E-state index in [1.165, 1.54) is 24.3 Å². The number of halogens is 2. The van der Waals surface area contributed by atoms with Crippen molar-refractivity contribution in [1.82, 2.24) is 9.97 Å². The van der Waals surface area contributed by atoms with Gasteiger partial charge in [-0.15, -0.1) is 0 Å². The number of hydrogen-bond acceptors (Lipinski definition) is 6. The van der Waals surface area contributed by atoms with E-state index >= 15 is 0 Å². The van der Waals surface area contributed by atoms with Crippen LogP contribution in [0.4, 0.5) is 20.4 Å². The predicted molar refractivity (Wildman–Crippen MR) is 158 cm³/mol. The van der Waals surface area contributed by atoms with Gasteiger partial charge in [-0.2, -0.15) is 8.78 Å². The zero-order valence-electron chi connectivity index (χ0n) is 22.3. The smallest absolute Gasteiger partial charge is 0.267 e. The first-order valence-corrected chi connectivity index (χ1v) is 13.6. The van der Waals surface area contributed by atoms with E-state index in [1.807, 2.05) is 0 Å². The molecule has 0 unspecified atom stereocenters. The third kappa shape index (κ3) is 2.93. The fraction of sp³-hybridized carbons (Fsp3) is 0. The number of hydrogen-bond donors (Lipinski definition) is 0. The van der Waals surface area contributed by atoms with Crippen molar-refractivity contribution in [2.24, 2.45) is 0 Å². The zero-order chi connectivity index (χ0) is 30.0. The molecule has 0 aliphatic carbocycles. The van der Waals surface area contributed by atoms with Crippen LogP contribution in [-0.4, -0.2) is 33.6 Å². The minimum Gasteiger partial charge on any atom is -0.268 e. The third-order valence-electron chi connectivity index (χ3n) is 8.49. The van der Waals surface area contributed by atoms with E-state index < -0.39 is 35.5 Å². The van der Waals surface area contributed by atoms with Crippen LogP contribution in [0.5, 0.6) is 0 Å². The largest absolute Gasteiger partial charge is 0.268 e. The summed E-state index contributed by atoms with van der Waals surface area (Å²) in [6.45, 7) is 0. The molecule has 0 N–H and O–H groups in total. The van der Waals surface area contributed by atoms with E-state index in [2.05, 4.69) is 9.97 Å². The molecular formula is C34H14F2N4O4. The second-order valence-electron chi connectivity index (χ2n) is 10.7.